The zero-order valence-corrected chi connectivity index (χ0v) is 15.6. The number of pyridine rings is 1. The summed E-state index contributed by atoms with van der Waals surface area (Å²) in [5, 5.41) is 9.85. The van der Waals surface area contributed by atoms with Gasteiger partial charge in [0.1, 0.15) is 0 Å². The van der Waals surface area contributed by atoms with E-state index in [9.17, 15) is 9.90 Å². The molecule has 0 aliphatic carbocycles. The largest absolute Gasteiger partial charge is 0.503 e. The number of aromatic hydroxyl groups is 1. The van der Waals surface area contributed by atoms with Crippen LogP contribution < -0.4 is 5.43 Å². The van der Waals surface area contributed by atoms with Gasteiger partial charge in [0.2, 0.25) is 5.43 Å². The second kappa shape index (κ2) is 9.97. The van der Waals surface area contributed by atoms with Crippen molar-refractivity contribution in [3.8, 4) is 17.0 Å². The summed E-state index contributed by atoms with van der Waals surface area (Å²) in [5.74, 6) is -0.305. The van der Waals surface area contributed by atoms with Crippen LogP contribution in [0, 0.1) is 0 Å². The van der Waals surface area contributed by atoms with E-state index in [0.717, 1.165) is 24.0 Å². The van der Waals surface area contributed by atoms with Crippen LogP contribution in [0.4, 0.5) is 0 Å². The Hall–Kier alpha value is -3.33. The molecular weight excluding hydrogens is 334 g/mol. The Kier molecular flexibility index (Phi) is 7.38. The highest BCUT2D eigenvalue weighted by atomic mass is 16.3. The van der Waals surface area contributed by atoms with Crippen LogP contribution in [0.15, 0.2) is 103 Å². The smallest absolute Gasteiger partial charge is 0.223 e. The van der Waals surface area contributed by atoms with Crippen LogP contribution >= 0.6 is 0 Å². The summed E-state index contributed by atoms with van der Waals surface area (Å²) in [7, 11) is 0. The predicted molar refractivity (Wildman–Crippen MR) is 115 cm³/mol. The number of allylic oxidation sites excluding steroid dienone is 8. The number of hydrogen-bond donors (Lipinski definition) is 1. The van der Waals surface area contributed by atoms with E-state index < -0.39 is 5.43 Å². The Morgan fingerprint density at radius 1 is 1.19 bits per heavy atom. The standard InChI is InChI=1S/C24H25NO2/c1-4-5-6-8-12-19(2)13-11-14-20(3)25-18-24(27)23(26)17-22(25)21-15-9-7-10-16-21/h4,7-18,27H,1,3,5-6H2,2H3/b12-8+,14-11-,19-13+. The van der Waals surface area contributed by atoms with E-state index in [2.05, 4.69) is 25.3 Å². The van der Waals surface area contributed by atoms with Gasteiger partial charge in [0.15, 0.2) is 5.75 Å². The van der Waals surface area contributed by atoms with Crippen LogP contribution in [0.1, 0.15) is 19.8 Å². The molecule has 0 bridgehead atoms. The topological polar surface area (TPSA) is 42.2 Å². The maximum atomic E-state index is 11.9. The van der Waals surface area contributed by atoms with Crippen LogP contribution in [0.5, 0.6) is 5.75 Å². The lowest BCUT2D eigenvalue weighted by molar-refractivity contribution is 0.466. The second-order valence-corrected chi connectivity index (χ2v) is 6.17. The molecule has 3 heteroatoms. The van der Waals surface area contributed by atoms with Gasteiger partial charge in [-0.3, -0.25) is 4.79 Å². The molecule has 0 saturated heterocycles. The normalized spacial score (nSPS) is 12.0. The van der Waals surface area contributed by atoms with Crippen molar-refractivity contribution in [3.63, 3.8) is 0 Å². The summed E-state index contributed by atoms with van der Waals surface area (Å²) in [6.07, 6.45) is 15.2. The molecule has 0 unspecified atom stereocenters. The van der Waals surface area contributed by atoms with Crippen molar-refractivity contribution in [3.05, 3.63) is 108 Å². The Balaban J connectivity index is 2.26. The van der Waals surface area contributed by atoms with Gasteiger partial charge in [0.25, 0.3) is 0 Å². The summed E-state index contributed by atoms with van der Waals surface area (Å²) in [4.78, 5) is 11.9. The van der Waals surface area contributed by atoms with Gasteiger partial charge in [-0.25, -0.2) is 0 Å². The second-order valence-electron chi connectivity index (χ2n) is 6.17. The molecule has 2 rings (SSSR count). The maximum absolute atomic E-state index is 11.9. The van der Waals surface area contributed by atoms with E-state index in [0.29, 0.717) is 11.4 Å². The van der Waals surface area contributed by atoms with Gasteiger partial charge in [-0.2, -0.15) is 0 Å². The molecule has 138 valence electrons. The highest BCUT2D eigenvalue weighted by Gasteiger charge is 2.08. The molecular formula is C24H25NO2. The number of rotatable bonds is 8. The monoisotopic (exact) mass is 359 g/mol. The van der Waals surface area contributed by atoms with E-state index in [1.807, 2.05) is 61.6 Å². The van der Waals surface area contributed by atoms with E-state index in [4.69, 9.17) is 0 Å². The van der Waals surface area contributed by atoms with Gasteiger partial charge >= 0.3 is 0 Å². The minimum absolute atomic E-state index is 0.305. The maximum Gasteiger partial charge on any atom is 0.223 e. The first-order valence-electron chi connectivity index (χ1n) is 8.85. The van der Waals surface area contributed by atoms with Gasteiger partial charge in [-0.05, 0) is 31.4 Å². The zero-order valence-electron chi connectivity index (χ0n) is 15.6. The number of benzene rings is 1. The highest BCUT2D eigenvalue weighted by molar-refractivity contribution is 5.68. The molecule has 2 aromatic rings. The average Bonchev–Trinajstić information content (AvgIpc) is 2.67. The van der Waals surface area contributed by atoms with Crippen molar-refractivity contribution in [1.82, 2.24) is 4.57 Å². The lowest BCUT2D eigenvalue weighted by Gasteiger charge is -2.14. The first-order valence-corrected chi connectivity index (χ1v) is 8.85. The first kappa shape index (κ1) is 20.0. The minimum Gasteiger partial charge on any atom is -0.503 e. The van der Waals surface area contributed by atoms with Gasteiger partial charge in [0.05, 0.1) is 11.9 Å². The number of nitrogens with zero attached hydrogens (tertiary/aromatic N) is 1. The first-order chi connectivity index (χ1) is 13.0. The fourth-order valence-corrected chi connectivity index (χ4v) is 2.52. The SMILES string of the molecule is C=CCC/C=C/C(C)=C/C=C\C(=C)n1cc(O)c(=O)cc1-c1ccccc1. The van der Waals surface area contributed by atoms with E-state index in [-0.39, 0.29) is 5.75 Å². The van der Waals surface area contributed by atoms with Crippen molar-refractivity contribution < 1.29 is 5.11 Å². The van der Waals surface area contributed by atoms with E-state index in [1.54, 1.807) is 4.57 Å². The van der Waals surface area contributed by atoms with Gasteiger partial charge in [-0.15, -0.1) is 6.58 Å². The van der Waals surface area contributed by atoms with Crippen molar-refractivity contribution >= 4 is 5.70 Å². The predicted octanol–water partition coefficient (Wildman–Crippen LogP) is 5.72. The number of hydrogen-bond acceptors (Lipinski definition) is 2. The summed E-state index contributed by atoms with van der Waals surface area (Å²) >= 11 is 0. The molecule has 1 aromatic carbocycles. The van der Waals surface area contributed by atoms with Crippen LogP contribution in [-0.4, -0.2) is 9.67 Å². The summed E-state index contributed by atoms with van der Waals surface area (Å²) in [6, 6.07) is 11.0. The zero-order chi connectivity index (χ0) is 19.6. The Morgan fingerprint density at radius 2 is 1.93 bits per heavy atom. The molecule has 0 aliphatic rings. The Morgan fingerprint density at radius 3 is 2.63 bits per heavy atom. The third-order valence-electron chi connectivity index (χ3n) is 3.98. The van der Waals surface area contributed by atoms with Crippen LogP contribution in [-0.2, 0) is 0 Å². The lowest BCUT2D eigenvalue weighted by atomic mass is 10.1. The van der Waals surface area contributed by atoms with Crippen LogP contribution in [0.2, 0.25) is 0 Å². The Bertz CT molecular complexity index is 944. The fourth-order valence-electron chi connectivity index (χ4n) is 2.52. The molecule has 0 spiro atoms. The fraction of sp³-hybridized carbons (Fsp3) is 0.125. The molecule has 3 nitrogen and oxygen atoms in total. The number of aromatic nitrogens is 1. The molecule has 0 radical (unpaired) electrons. The summed E-state index contributed by atoms with van der Waals surface area (Å²) in [5.41, 5.74) is 2.90. The van der Waals surface area contributed by atoms with Gasteiger partial charge in [-0.1, -0.05) is 72.9 Å². The van der Waals surface area contributed by atoms with Crippen molar-refractivity contribution in [2.24, 2.45) is 0 Å². The molecule has 0 atom stereocenters. The van der Waals surface area contributed by atoms with Gasteiger partial charge < -0.3 is 9.67 Å². The van der Waals surface area contributed by atoms with Gasteiger partial charge in [0, 0.05) is 11.8 Å². The lowest BCUT2D eigenvalue weighted by Crippen LogP contribution is -2.08. The molecule has 0 saturated carbocycles. The van der Waals surface area contributed by atoms with E-state index >= 15 is 0 Å². The molecule has 1 heterocycles. The van der Waals surface area contributed by atoms with Crippen molar-refractivity contribution in [2.45, 2.75) is 19.8 Å². The van der Waals surface area contributed by atoms with E-state index in [1.165, 1.54) is 12.3 Å². The Labute approximate surface area is 160 Å². The number of unbranched alkanes of at least 4 members (excludes halogenated alkanes) is 1. The third-order valence-corrected chi connectivity index (χ3v) is 3.98. The quantitative estimate of drug-likeness (QED) is 0.372. The molecule has 0 fully saturated rings. The van der Waals surface area contributed by atoms with Crippen molar-refractivity contribution in [2.75, 3.05) is 0 Å². The van der Waals surface area contributed by atoms with Crippen LogP contribution in [0.25, 0.3) is 17.0 Å². The molecule has 0 amide bonds. The molecule has 27 heavy (non-hydrogen) atoms. The van der Waals surface area contributed by atoms with Crippen LogP contribution in [0.3, 0.4) is 0 Å². The summed E-state index contributed by atoms with van der Waals surface area (Å²) < 4.78 is 1.71. The molecule has 1 aromatic heterocycles. The average molecular weight is 359 g/mol. The summed E-state index contributed by atoms with van der Waals surface area (Å²) in [6.45, 7) is 9.80. The highest BCUT2D eigenvalue weighted by Crippen LogP contribution is 2.23. The molecule has 0 aliphatic heterocycles. The minimum atomic E-state index is -0.415. The van der Waals surface area contributed by atoms with Crippen molar-refractivity contribution in [1.29, 1.82) is 0 Å². The third kappa shape index (κ3) is 5.86. The molecule has 1 N–H and O–H groups in total.